The van der Waals surface area contributed by atoms with Gasteiger partial charge in [0.05, 0.1) is 11.3 Å². The number of halogens is 4. The Labute approximate surface area is 126 Å². The second-order valence-corrected chi connectivity index (χ2v) is 4.67. The van der Waals surface area contributed by atoms with Crippen LogP contribution in [0.15, 0.2) is 30.5 Å². The molecule has 0 amide bonds. The largest absolute Gasteiger partial charge is 0.416 e. The van der Waals surface area contributed by atoms with Crippen LogP contribution in [0.3, 0.4) is 0 Å². The van der Waals surface area contributed by atoms with Crippen LogP contribution < -0.4 is 5.32 Å². The second kappa shape index (κ2) is 5.99. The molecule has 112 valence electrons. The summed E-state index contributed by atoms with van der Waals surface area (Å²) in [7, 11) is 0. The fourth-order valence-corrected chi connectivity index (χ4v) is 2.18. The number of fused-ring (bicyclic) bond motifs is 1. The van der Waals surface area contributed by atoms with Crippen LogP contribution >= 0.6 is 12.4 Å². The van der Waals surface area contributed by atoms with E-state index in [9.17, 15) is 13.2 Å². The maximum Gasteiger partial charge on any atom is 0.416 e. The number of nitrogens with one attached hydrogen (secondary N) is 1. The smallest absolute Gasteiger partial charge is 0.311 e. The first kappa shape index (κ1) is 15.7. The van der Waals surface area contributed by atoms with Gasteiger partial charge in [0.2, 0.25) is 0 Å². The first-order valence-corrected chi connectivity index (χ1v) is 6.27. The SMILES string of the molecule is Cl.FC(F)(F)c1ccc(-c2ncc3c(n2)CNCC3)cc1. The molecule has 1 aliphatic rings. The van der Waals surface area contributed by atoms with Crippen LogP contribution in [0.2, 0.25) is 0 Å². The molecule has 7 heteroatoms. The summed E-state index contributed by atoms with van der Waals surface area (Å²) in [5, 5.41) is 3.21. The fourth-order valence-electron chi connectivity index (χ4n) is 2.18. The van der Waals surface area contributed by atoms with E-state index in [0.717, 1.165) is 36.4 Å². The summed E-state index contributed by atoms with van der Waals surface area (Å²) in [6, 6.07) is 4.91. The summed E-state index contributed by atoms with van der Waals surface area (Å²) in [4.78, 5) is 8.65. The summed E-state index contributed by atoms with van der Waals surface area (Å²) in [6.45, 7) is 1.57. The van der Waals surface area contributed by atoms with Crippen molar-refractivity contribution >= 4 is 12.4 Å². The predicted octanol–water partition coefficient (Wildman–Crippen LogP) is 3.23. The summed E-state index contributed by atoms with van der Waals surface area (Å²) in [5.74, 6) is 0.459. The molecule has 0 saturated carbocycles. The Kier molecular flexibility index (Phi) is 4.49. The van der Waals surface area contributed by atoms with Crippen molar-refractivity contribution in [3.63, 3.8) is 0 Å². The predicted molar refractivity (Wildman–Crippen MR) is 75.1 cm³/mol. The highest BCUT2D eigenvalue weighted by Crippen LogP contribution is 2.30. The van der Waals surface area contributed by atoms with E-state index in [1.165, 1.54) is 12.1 Å². The molecule has 0 bridgehead atoms. The van der Waals surface area contributed by atoms with Gasteiger partial charge in [-0.3, -0.25) is 0 Å². The lowest BCUT2D eigenvalue weighted by molar-refractivity contribution is -0.137. The highest BCUT2D eigenvalue weighted by molar-refractivity contribution is 5.85. The minimum atomic E-state index is -4.32. The van der Waals surface area contributed by atoms with Crippen molar-refractivity contribution in [3.05, 3.63) is 47.3 Å². The first-order chi connectivity index (χ1) is 9.54. The second-order valence-electron chi connectivity index (χ2n) is 4.67. The topological polar surface area (TPSA) is 37.8 Å². The summed E-state index contributed by atoms with van der Waals surface area (Å²) in [5.41, 5.74) is 1.94. The molecule has 3 nitrogen and oxygen atoms in total. The standard InChI is InChI=1S/C14H12F3N3.ClH/c15-14(16,17)11-3-1-9(2-4-11)13-19-7-10-5-6-18-8-12(10)20-13;/h1-4,7,18H,5-6,8H2;1H. The maximum absolute atomic E-state index is 12.5. The monoisotopic (exact) mass is 315 g/mol. The van der Waals surface area contributed by atoms with Gasteiger partial charge in [0, 0.05) is 18.3 Å². The molecule has 0 fully saturated rings. The molecule has 1 aromatic carbocycles. The zero-order valence-electron chi connectivity index (χ0n) is 10.9. The number of rotatable bonds is 1. The van der Waals surface area contributed by atoms with Gasteiger partial charge in [0.1, 0.15) is 0 Å². The van der Waals surface area contributed by atoms with Gasteiger partial charge in [-0.1, -0.05) is 12.1 Å². The lowest BCUT2D eigenvalue weighted by Gasteiger charge is -2.16. The van der Waals surface area contributed by atoms with E-state index in [-0.39, 0.29) is 12.4 Å². The average Bonchev–Trinajstić information content (AvgIpc) is 2.46. The molecule has 0 spiro atoms. The van der Waals surface area contributed by atoms with Crippen LogP contribution in [0.5, 0.6) is 0 Å². The van der Waals surface area contributed by atoms with Crippen molar-refractivity contribution < 1.29 is 13.2 Å². The summed E-state index contributed by atoms with van der Waals surface area (Å²) < 4.78 is 37.5. The third kappa shape index (κ3) is 3.33. The van der Waals surface area contributed by atoms with Crippen molar-refractivity contribution in [2.75, 3.05) is 6.54 Å². The Morgan fingerprint density at radius 2 is 1.81 bits per heavy atom. The Morgan fingerprint density at radius 3 is 2.48 bits per heavy atom. The Morgan fingerprint density at radius 1 is 1.10 bits per heavy atom. The van der Waals surface area contributed by atoms with Gasteiger partial charge >= 0.3 is 6.18 Å². The molecule has 2 aromatic rings. The molecular formula is C14H13ClF3N3. The van der Waals surface area contributed by atoms with Crippen LogP contribution in [-0.2, 0) is 19.1 Å². The average molecular weight is 316 g/mol. The highest BCUT2D eigenvalue weighted by atomic mass is 35.5. The molecule has 1 aliphatic heterocycles. The van der Waals surface area contributed by atoms with Crippen LogP contribution in [0.25, 0.3) is 11.4 Å². The number of benzene rings is 1. The number of aromatic nitrogens is 2. The third-order valence-electron chi connectivity index (χ3n) is 3.29. The van der Waals surface area contributed by atoms with Crippen molar-refractivity contribution in [1.29, 1.82) is 0 Å². The molecule has 1 aromatic heterocycles. The zero-order valence-corrected chi connectivity index (χ0v) is 11.8. The molecular weight excluding hydrogens is 303 g/mol. The van der Waals surface area contributed by atoms with Crippen LogP contribution in [0.1, 0.15) is 16.8 Å². The minimum Gasteiger partial charge on any atom is -0.311 e. The van der Waals surface area contributed by atoms with E-state index in [4.69, 9.17) is 0 Å². The van der Waals surface area contributed by atoms with Crippen LogP contribution in [-0.4, -0.2) is 16.5 Å². The van der Waals surface area contributed by atoms with Gasteiger partial charge in [0.25, 0.3) is 0 Å². The molecule has 2 heterocycles. The lowest BCUT2D eigenvalue weighted by atomic mass is 10.1. The van der Waals surface area contributed by atoms with Gasteiger partial charge in [-0.15, -0.1) is 12.4 Å². The minimum absolute atomic E-state index is 0. The van der Waals surface area contributed by atoms with Crippen molar-refractivity contribution in [1.82, 2.24) is 15.3 Å². The Balaban J connectivity index is 0.00000161. The first-order valence-electron chi connectivity index (χ1n) is 6.27. The maximum atomic E-state index is 12.5. The number of hydrogen-bond acceptors (Lipinski definition) is 3. The van der Waals surface area contributed by atoms with Crippen LogP contribution in [0, 0.1) is 0 Å². The Bertz CT molecular complexity index is 626. The van der Waals surface area contributed by atoms with Gasteiger partial charge < -0.3 is 5.32 Å². The molecule has 0 aliphatic carbocycles. The third-order valence-corrected chi connectivity index (χ3v) is 3.29. The van der Waals surface area contributed by atoms with Gasteiger partial charge in [-0.2, -0.15) is 13.2 Å². The van der Waals surface area contributed by atoms with E-state index in [0.29, 0.717) is 17.9 Å². The van der Waals surface area contributed by atoms with Crippen LogP contribution in [0.4, 0.5) is 13.2 Å². The molecule has 1 N–H and O–H groups in total. The molecule has 0 radical (unpaired) electrons. The van der Waals surface area contributed by atoms with E-state index in [1.54, 1.807) is 6.20 Å². The van der Waals surface area contributed by atoms with E-state index < -0.39 is 11.7 Å². The van der Waals surface area contributed by atoms with Crippen molar-refractivity contribution in [3.8, 4) is 11.4 Å². The zero-order chi connectivity index (χ0) is 14.2. The summed E-state index contributed by atoms with van der Waals surface area (Å²) >= 11 is 0. The van der Waals surface area contributed by atoms with E-state index in [2.05, 4.69) is 15.3 Å². The van der Waals surface area contributed by atoms with Crippen molar-refractivity contribution in [2.45, 2.75) is 19.1 Å². The summed E-state index contributed by atoms with van der Waals surface area (Å²) in [6.07, 6.45) is -1.68. The molecule has 0 unspecified atom stereocenters. The van der Waals surface area contributed by atoms with Crippen molar-refractivity contribution in [2.24, 2.45) is 0 Å². The number of hydrogen-bond donors (Lipinski definition) is 1. The van der Waals surface area contributed by atoms with Gasteiger partial charge in [-0.05, 0) is 30.7 Å². The quantitative estimate of drug-likeness (QED) is 0.878. The molecule has 0 saturated heterocycles. The van der Waals surface area contributed by atoms with Gasteiger partial charge in [-0.25, -0.2) is 9.97 Å². The molecule has 3 rings (SSSR count). The highest BCUT2D eigenvalue weighted by Gasteiger charge is 2.30. The van der Waals surface area contributed by atoms with E-state index >= 15 is 0 Å². The fraction of sp³-hybridized carbons (Fsp3) is 0.286. The van der Waals surface area contributed by atoms with Gasteiger partial charge in [0.15, 0.2) is 5.82 Å². The normalized spacial score (nSPS) is 14.2. The van der Waals surface area contributed by atoms with E-state index in [1.807, 2.05) is 0 Å². The molecule has 0 atom stereocenters. The number of nitrogens with zero attached hydrogens (tertiary/aromatic N) is 2. The lowest BCUT2D eigenvalue weighted by Crippen LogP contribution is -2.25. The number of alkyl halides is 3. The molecule has 21 heavy (non-hydrogen) atoms. The Hall–Kier alpha value is -1.66.